The molecule has 0 amide bonds. The lowest BCUT2D eigenvalue weighted by Gasteiger charge is -2.15. The van der Waals surface area contributed by atoms with Crippen molar-refractivity contribution in [1.82, 2.24) is 0 Å². The highest BCUT2D eigenvalue weighted by Gasteiger charge is 2.30. The molecule has 1 heterocycles. The molecule has 2 aromatic rings. The van der Waals surface area contributed by atoms with E-state index in [9.17, 15) is 9.59 Å². The van der Waals surface area contributed by atoms with Crippen molar-refractivity contribution in [3.8, 4) is 0 Å². The molecule has 0 aromatic heterocycles. The lowest BCUT2D eigenvalue weighted by Crippen LogP contribution is -2.27. The molecule has 0 radical (unpaired) electrons. The largest absolute Gasteiger partial charge is 0.480 e. The van der Waals surface area contributed by atoms with Crippen molar-refractivity contribution < 1.29 is 14.7 Å². The first kappa shape index (κ1) is 10.7. The van der Waals surface area contributed by atoms with Gasteiger partial charge in [0.25, 0.3) is 0 Å². The molecule has 18 heavy (non-hydrogen) atoms. The van der Waals surface area contributed by atoms with Gasteiger partial charge in [0.2, 0.25) is 0 Å². The van der Waals surface area contributed by atoms with E-state index >= 15 is 0 Å². The van der Waals surface area contributed by atoms with Crippen molar-refractivity contribution in [1.29, 1.82) is 0 Å². The SMILES string of the molecule is O=C(O)[C@@H]1C=Nc2c(ccc3ccccc23)C1=O. The summed E-state index contributed by atoms with van der Waals surface area (Å²) in [6.45, 7) is 0. The minimum Gasteiger partial charge on any atom is -0.480 e. The summed E-state index contributed by atoms with van der Waals surface area (Å²) in [5.41, 5.74) is 0.944. The van der Waals surface area contributed by atoms with E-state index in [1.165, 1.54) is 6.21 Å². The molecule has 1 atom stereocenters. The first-order valence-corrected chi connectivity index (χ1v) is 5.51. The fraction of sp³-hybridized carbons (Fsp3) is 0.0714. The second-order valence-electron chi connectivity index (χ2n) is 4.14. The van der Waals surface area contributed by atoms with Gasteiger partial charge in [0.1, 0.15) is 0 Å². The maximum atomic E-state index is 12.0. The standard InChI is InChI=1S/C14H9NO3/c16-13-10-6-5-8-3-1-2-4-9(8)12(10)15-7-11(13)14(17)18/h1-7,11H,(H,17,18)/t11-/m1/s1. The van der Waals surface area contributed by atoms with Crippen LogP contribution in [0.1, 0.15) is 10.4 Å². The first-order valence-electron chi connectivity index (χ1n) is 5.51. The molecule has 4 heteroatoms. The normalized spacial score (nSPS) is 17.8. The van der Waals surface area contributed by atoms with Gasteiger partial charge >= 0.3 is 5.97 Å². The molecule has 2 aromatic carbocycles. The van der Waals surface area contributed by atoms with E-state index in [1.807, 2.05) is 30.3 Å². The predicted octanol–water partition coefficient (Wildman–Crippen LogP) is 2.44. The summed E-state index contributed by atoms with van der Waals surface area (Å²) in [5, 5.41) is 10.8. The number of aliphatic carboxylic acids is 1. The molecule has 0 spiro atoms. The Morgan fingerprint density at radius 2 is 1.94 bits per heavy atom. The Morgan fingerprint density at radius 3 is 2.72 bits per heavy atom. The Hall–Kier alpha value is -2.49. The first-order chi connectivity index (χ1) is 8.68. The number of carbonyl (C=O) groups excluding carboxylic acids is 1. The van der Waals surface area contributed by atoms with Crippen LogP contribution in [0, 0.1) is 5.92 Å². The van der Waals surface area contributed by atoms with Gasteiger partial charge in [-0.1, -0.05) is 30.3 Å². The number of fused-ring (bicyclic) bond motifs is 3. The number of hydrogen-bond donors (Lipinski definition) is 1. The van der Waals surface area contributed by atoms with Crippen molar-refractivity contribution >= 4 is 34.4 Å². The van der Waals surface area contributed by atoms with Crippen LogP contribution in [0.2, 0.25) is 0 Å². The summed E-state index contributed by atoms with van der Waals surface area (Å²) in [7, 11) is 0. The lowest BCUT2D eigenvalue weighted by atomic mass is 9.92. The number of rotatable bonds is 1. The third kappa shape index (κ3) is 1.43. The number of carboxylic acids is 1. The average molecular weight is 239 g/mol. The fourth-order valence-electron chi connectivity index (χ4n) is 2.15. The van der Waals surface area contributed by atoms with Gasteiger partial charge in [0, 0.05) is 17.2 Å². The van der Waals surface area contributed by atoms with Crippen molar-refractivity contribution in [2.24, 2.45) is 10.9 Å². The number of nitrogens with zero attached hydrogens (tertiary/aromatic N) is 1. The highest BCUT2D eigenvalue weighted by molar-refractivity contribution is 6.24. The van der Waals surface area contributed by atoms with Gasteiger partial charge in [0.05, 0.1) is 5.69 Å². The molecular formula is C14H9NO3. The molecule has 0 bridgehead atoms. The third-order valence-corrected chi connectivity index (χ3v) is 3.07. The van der Waals surface area contributed by atoms with Gasteiger partial charge in [-0.15, -0.1) is 0 Å². The molecule has 1 aliphatic rings. The van der Waals surface area contributed by atoms with Crippen LogP contribution < -0.4 is 0 Å². The van der Waals surface area contributed by atoms with Crippen molar-refractivity contribution in [3.63, 3.8) is 0 Å². The number of carboxylic acid groups (broad SMARTS) is 1. The summed E-state index contributed by atoms with van der Waals surface area (Å²) in [6, 6.07) is 11.0. The van der Waals surface area contributed by atoms with Gasteiger partial charge in [-0.05, 0) is 11.5 Å². The second kappa shape index (κ2) is 3.77. The molecule has 1 N–H and O–H groups in total. The summed E-state index contributed by atoms with van der Waals surface area (Å²) in [4.78, 5) is 27.1. The zero-order chi connectivity index (χ0) is 12.7. The number of hydrogen-bond acceptors (Lipinski definition) is 3. The summed E-state index contributed by atoms with van der Waals surface area (Å²) in [5.74, 6) is -2.74. The Morgan fingerprint density at radius 1 is 1.17 bits per heavy atom. The third-order valence-electron chi connectivity index (χ3n) is 3.07. The molecule has 0 unspecified atom stereocenters. The van der Waals surface area contributed by atoms with Crippen LogP contribution >= 0.6 is 0 Å². The smallest absolute Gasteiger partial charge is 0.319 e. The summed E-state index contributed by atoms with van der Waals surface area (Å²) in [6.07, 6.45) is 1.21. The number of carbonyl (C=O) groups is 2. The fourth-order valence-corrected chi connectivity index (χ4v) is 2.15. The number of aliphatic imine (C=N–C) groups is 1. The zero-order valence-electron chi connectivity index (χ0n) is 9.33. The molecule has 3 rings (SSSR count). The molecule has 0 fully saturated rings. The van der Waals surface area contributed by atoms with Gasteiger partial charge in [-0.25, -0.2) is 0 Å². The molecule has 0 aliphatic carbocycles. The number of Topliss-reactive ketones (excluding diaryl/α,β-unsaturated/α-hetero) is 1. The van der Waals surface area contributed by atoms with E-state index in [0.717, 1.165) is 10.8 Å². The topological polar surface area (TPSA) is 66.7 Å². The monoisotopic (exact) mass is 239 g/mol. The number of benzene rings is 2. The highest BCUT2D eigenvalue weighted by atomic mass is 16.4. The Kier molecular flexibility index (Phi) is 2.23. The summed E-state index contributed by atoms with van der Waals surface area (Å²) < 4.78 is 0. The molecular weight excluding hydrogens is 230 g/mol. The van der Waals surface area contributed by atoms with Crippen LogP contribution in [-0.4, -0.2) is 23.1 Å². The Bertz CT molecular complexity index is 703. The van der Waals surface area contributed by atoms with Crippen LogP contribution in [0.5, 0.6) is 0 Å². The van der Waals surface area contributed by atoms with Gasteiger partial charge < -0.3 is 5.11 Å². The molecule has 0 saturated heterocycles. The molecule has 4 nitrogen and oxygen atoms in total. The van der Waals surface area contributed by atoms with Crippen LogP contribution in [0.25, 0.3) is 10.8 Å². The van der Waals surface area contributed by atoms with E-state index in [-0.39, 0.29) is 0 Å². The minimum absolute atomic E-state index is 0.378. The van der Waals surface area contributed by atoms with Crippen LogP contribution in [0.15, 0.2) is 41.4 Å². The van der Waals surface area contributed by atoms with E-state index in [0.29, 0.717) is 11.3 Å². The quantitative estimate of drug-likeness (QED) is 0.777. The van der Waals surface area contributed by atoms with Crippen molar-refractivity contribution in [3.05, 3.63) is 42.0 Å². The summed E-state index contributed by atoms with van der Waals surface area (Å²) >= 11 is 0. The zero-order valence-corrected chi connectivity index (χ0v) is 9.33. The molecule has 0 saturated carbocycles. The van der Waals surface area contributed by atoms with Crippen LogP contribution in [-0.2, 0) is 4.79 Å². The number of ketones is 1. The van der Waals surface area contributed by atoms with Gasteiger partial charge in [-0.2, -0.15) is 0 Å². The van der Waals surface area contributed by atoms with Crippen LogP contribution in [0.4, 0.5) is 5.69 Å². The maximum absolute atomic E-state index is 12.0. The Balaban J connectivity index is 2.27. The minimum atomic E-state index is -1.17. The van der Waals surface area contributed by atoms with Crippen molar-refractivity contribution in [2.75, 3.05) is 0 Å². The van der Waals surface area contributed by atoms with Gasteiger partial charge in [0.15, 0.2) is 11.7 Å². The van der Waals surface area contributed by atoms with Gasteiger partial charge in [-0.3, -0.25) is 14.6 Å². The lowest BCUT2D eigenvalue weighted by molar-refractivity contribution is -0.137. The highest BCUT2D eigenvalue weighted by Crippen LogP contribution is 2.34. The van der Waals surface area contributed by atoms with E-state index in [1.54, 1.807) is 6.07 Å². The predicted molar refractivity (Wildman–Crippen MR) is 67.6 cm³/mol. The maximum Gasteiger partial charge on any atom is 0.319 e. The van der Waals surface area contributed by atoms with Crippen LogP contribution in [0.3, 0.4) is 0 Å². The van der Waals surface area contributed by atoms with E-state index < -0.39 is 17.7 Å². The average Bonchev–Trinajstić information content (AvgIpc) is 2.38. The second-order valence-corrected chi connectivity index (χ2v) is 4.14. The van der Waals surface area contributed by atoms with Crippen molar-refractivity contribution in [2.45, 2.75) is 0 Å². The molecule has 1 aliphatic heterocycles. The van der Waals surface area contributed by atoms with E-state index in [4.69, 9.17) is 5.11 Å². The van der Waals surface area contributed by atoms with E-state index in [2.05, 4.69) is 4.99 Å². The molecule has 88 valence electrons. The Labute approximate surface area is 103 Å².